The maximum atomic E-state index is 14.6. The standard InChI is InChI=1S/C21H17FN2O6S/c1-27-19-11-14-17(12-20(19)28-2)23-8-7-18(14)30-13-5-6-16(15(22)10-13)24-31(25,26)21-4-3-9-29-21/h3-12,24H,1-2H3. The zero-order chi connectivity index (χ0) is 22.0. The minimum absolute atomic E-state index is 0.167. The lowest BCUT2D eigenvalue weighted by atomic mass is 10.2. The van der Waals surface area contributed by atoms with Gasteiger partial charge in [0.05, 0.1) is 31.7 Å². The average molecular weight is 444 g/mol. The van der Waals surface area contributed by atoms with Crippen molar-refractivity contribution in [2.24, 2.45) is 0 Å². The predicted molar refractivity (Wildman–Crippen MR) is 111 cm³/mol. The van der Waals surface area contributed by atoms with Crippen molar-refractivity contribution in [1.29, 1.82) is 0 Å². The Morgan fingerprint density at radius 2 is 1.77 bits per heavy atom. The van der Waals surface area contributed by atoms with Gasteiger partial charge < -0.3 is 18.6 Å². The van der Waals surface area contributed by atoms with Crippen molar-refractivity contribution in [2.45, 2.75) is 5.09 Å². The lowest BCUT2D eigenvalue weighted by Crippen LogP contribution is -2.13. The molecule has 2 heterocycles. The first-order valence-corrected chi connectivity index (χ1v) is 10.4. The zero-order valence-corrected chi connectivity index (χ0v) is 17.3. The minimum Gasteiger partial charge on any atom is -0.493 e. The van der Waals surface area contributed by atoms with Crippen LogP contribution in [-0.4, -0.2) is 27.6 Å². The summed E-state index contributed by atoms with van der Waals surface area (Å²) in [6, 6.07) is 11.5. The van der Waals surface area contributed by atoms with Gasteiger partial charge in [-0.3, -0.25) is 9.71 Å². The molecule has 0 radical (unpaired) electrons. The molecule has 8 nitrogen and oxygen atoms in total. The first-order chi connectivity index (χ1) is 14.9. The number of aromatic nitrogens is 1. The number of methoxy groups -OCH3 is 2. The maximum absolute atomic E-state index is 14.6. The Kier molecular flexibility index (Phi) is 5.38. The fourth-order valence-corrected chi connectivity index (χ4v) is 3.91. The van der Waals surface area contributed by atoms with E-state index >= 15 is 0 Å². The number of furan rings is 1. The molecule has 31 heavy (non-hydrogen) atoms. The summed E-state index contributed by atoms with van der Waals surface area (Å²) in [5.41, 5.74) is 0.355. The van der Waals surface area contributed by atoms with Crippen molar-refractivity contribution in [1.82, 2.24) is 4.98 Å². The van der Waals surface area contributed by atoms with Crippen molar-refractivity contribution < 1.29 is 31.4 Å². The van der Waals surface area contributed by atoms with Crippen LogP contribution in [0.25, 0.3) is 10.9 Å². The number of pyridine rings is 1. The second kappa shape index (κ2) is 8.15. The van der Waals surface area contributed by atoms with Crippen LogP contribution in [-0.2, 0) is 10.0 Å². The Balaban J connectivity index is 1.63. The Hall–Kier alpha value is -3.79. The van der Waals surface area contributed by atoms with Crippen LogP contribution in [0.2, 0.25) is 0 Å². The highest BCUT2D eigenvalue weighted by Crippen LogP contribution is 2.37. The number of halogens is 1. The molecule has 0 aliphatic heterocycles. The molecular weight excluding hydrogens is 427 g/mol. The Labute approximate surface area is 177 Å². The number of anilines is 1. The van der Waals surface area contributed by atoms with E-state index in [-0.39, 0.29) is 16.5 Å². The van der Waals surface area contributed by atoms with Crippen LogP contribution in [0.5, 0.6) is 23.0 Å². The van der Waals surface area contributed by atoms with E-state index < -0.39 is 15.8 Å². The topological polar surface area (TPSA) is 99.9 Å². The third-order valence-electron chi connectivity index (χ3n) is 4.38. The first-order valence-electron chi connectivity index (χ1n) is 8.96. The van der Waals surface area contributed by atoms with Gasteiger partial charge in [0.15, 0.2) is 17.3 Å². The third kappa shape index (κ3) is 4.10. The van der Waals surface area contributed by atoms with Gasteiger partial charge in [0.1, 0.15) is 11.5 Å². The quantitative estimate of drug-likeness (QED) is 0.445. The summed E-state index contributed by atoms with van der Waals surface area (Å²) in [5.74, 6) is 0.765. The number of nitrogens with one attached hydrogen (secondary N) is 1. The van der Waals surface area contributed by atoms with Crippen molar-refractivity contribution in [3.63, 3.8) is 0 Å². The molecule has 0 unspecified atom stereocenters. The molecule has 2 aromatic carbocycles. The van der Waals surface area contributed by atoms with E-state index in [1.807, 2.05) is 0 Å². The highest BCUT2D eigenvalue weighted by molar-refractivity contribution is 7.92. The number of nitrogens with zero attached hydrogens (tertiary/aromatic N) is 1. The molecule has 0 atom stereocenters. The number of sulfonamides is 1. The number of fused-ring (bicyclic) bond motifs is 1. The molecule has 4 rings (SSSR count). The monoisotopic (exact) mass is 444 g/mol. The summed E-state index contributed by atoms with van der Waals surface area (Å²) in [7, 11) is -1.00. The fraction of sp³-hybridized carbons (Fsp3) is 0.0952. The van der Waals surface area contributed by atoms with E-state index in [0.29, 0.717) is 28.2 Å². The summed E-state index contributed by atoms with van der Waals surface area (Å²) in [4.78, 5) is 4.29. The molecule has 0 spiro atoms. The minimum atomic E-state index is -4.04. The van der Waals surface area contributed by atoms with Gasteiger partial charge in [-0.05, 0) is 36.4 Å². The molecule has 160 valence electrons. The second-order valence-electron chi connectivity index (χ2n) is 6.31. The normalized spacial score (nSPS) is 11.3. The van der Waals surface area contributed by atoms with Crippen LogP contribution >= 0.6 is 0 Å². The van der Waals surface area contributed by atoms with Crippen LogP contribution in [0, 0.1) is 5.82 Å². The molecule has 0 aliphatic carbocycles. The molecule has 0 saturated carbocycles. The van der Waals surface area contributed by atoms with E-state index in [9.17, 15) is 12.8 Å². The third-order valence-corrected chi connectivity index (χ3v) is 5.63. The van der Waals surface area contributed by atoms with Crippen LogP contribution in [0.4, 0.5) is 10.1 Å². The zero-order valence-electron chi connectivity index (χ0n) is 16.5. The molecule has 2 aromatic heterocycles. The van der Waals surface area contributed by atoms with Gasteiger partial charge in [-0.1, -0.05) is 0 Å². The molecule has 0 aliphatic rings. The van der Waals surface area contributed by atoms with Crippen molar-refractivity contribution in [3.8, 4) is 23.0 Å². The van der Waals surface area contributed by atoms with E-state index in [0.717, 1.165) is 6.07 Å². The second-order valence-corrected chi connectivity index (χ2v) is 7.93. The van der Waals surface area contributed by atoms with Crippen LogP contribution in [0.1, 0.15) is 0 Å². The van der Waals surface area contributed by atoms with Gasteiger partial charge in [0, 0.05) is 23.7 Å². The lowest BCUT2D eigenvalue weighted by molar-refractivity contribution is 0.355. The lowest BCUT2D eigenvalue weighted by Gasteiger charge is -2.13. The maximum Gasteiger partial charge on any atom is 0.295 e. The summed E-state index contributed by atoms with van der Waals surface area (Å²) in [5, 5.41) is 0.308. The van der Waals surface area contributed by atoms with E-state index in [1.54, 1.807) is 24.4 Å². The molecule has 4 aromatic rings. The molecular formula is C21H17FN2O6S. The highest BCUT2D eigenvalue weighted by atomic mass is 32.2. The number of hydrogen-bond donors (Lipinski definition) is 1. The average Bonchev–Trinajstić information content (AvgIpc) is 3.31. The van der Waals surface area contributed by atoms with Crippen molar-refractivity contribution in [2.75, 3.05) is 18.9 Å². The van der Waals surface area contributed by atoms with Gasteiger partial charge in [0.2, 0.25) is 5.09 Å². The van der Waals surface area contributed by atoms with E-state index in [4.69, 9.17) is 18.6 Å². The summed E-state index contributed by atoms with van der Waals surface area (Å²) in [6.45, 7) is 0. The molecule has 0 amide bonds. The predicted octanol–water partition coefficient (Wildman–Crippen LogP) is 4.58. The number of hydrogen-bond acceptors (Lipinski definition) is 7. The largest absolute Gasteiger partial charge is 0.493 e. The number of benzene rings is 2. The Bertz CT molecular complexity index is 1340. The molecule has 10 heteroatoms. The summed E-state index contributed by atoms with van der Waals surface area (Å²) < 4.78 is 62.4. The Morgan fingerprint density at radius 1 is 1.00 bits per heavy atom. The van der Waals surface area contributed by atoms with Gasteiger partial charge in [-0.2, -0.15) is 8.42 Å². The Morgan fingerprint density at radius 3 is 2.45 bits per heavy atom. The van der Waals surface area contributed by atoms with Gasteiger partial charge in [-0.25, -0.2) is 4.39 Å². The van der Waals surface area contributed by atoms with Crippen molar-refractivity contribution >= 4 is 26.6 Å². The van der Waals surface area contributed by atoms with Crippen LogP contribution in [0.3, 0.4) is 0 Å². The van der Waals surface area contributed by atoms with E-state index in [1.165, 1.54) is 44.7 Å². The van der Waals surface area contributed by atoms with Crippen molar-refractivity contribution in [3.05, 3.63) is 66.8 Å². The van der Waals surface area contributed by atoms with Gasteiger partial charge in [0.25, 0.3) is 10.0 Å². The smallest absolute Gasteiger partial charge is 0.295 e. The van der Waals surface area contributed by atoms with E-state index in [2.05, 4.69) is 9.71 Å². The fourth-order valence-electron chi connectivity index (χ4n) is 2.92. The summed E-state index contributed by atoms with van der Waals surface area (Å²) in [6.07, 6.45) is 2.76. The van der Waals surface area contributed by atoms with Crippen LogP contribution in [0.15, 0.2) is 70.5 Å². The number of ether oxygens (including phenoxy) is 3. The highest BCUT2D eigenvalue weighted by Gasteiger charge is 2.19. The van der Waals surface area contributed by atoms with Gasteiger partial charge in [-0.15, -0.1) is 0 Å². The molecule has 0 saturated heterocycles. The molecule has 0 bridgehead atoms. The SMILES string of the molecule is COc1cc2nccc(Oc3ccc(NS(=O)(=O)c4ccco4)c(F)c3)c2cc1OC. The summed E-state index contributed by atoms with van der Waals surface area (Å²) >= 11 is 0. The molecule has 1 N–H and O–H groups in total. The van der Waals surface area contributed by atoms with Gasteiger partial charge >= 0.3 is 0 Å². The van der Waals surface area contributed by atoms with Crippen LogP contribution < -0.4 is 18.9 Å². The number of rotatable bonds is 7. The first kappa shape index (κ1) is 20.5. The molecule has 0 fully saturated rings.